The first kappa shape index (κ1) is 20.0. The number of hydrogen-bond acceptors (Lipinski definition) is 3. The van der Waals surface area contributed by atoms with Crippen LogP contribution in [-0.4, -0.2) is 73.0 Å². The number of halogens is 1. The van der Waals surface area contributed by atoms with E-state index in [0.717, 1.165) is 31.6 Å². The minimum atomic E-state index is -0.380. The molecular weight excluding hydrogens is 364 g/mol. The molecule has 27 heavy (non-hydrogen) atoms. The van der Waals surface area contributed by atoms with Gasteiger partial charge in [0, 0.05) is 43.9 Å². The van der Waals surface area contributed by atoms with E-state index in [1.165, 1.54) is 0 Å². The van der Waals surface area contributed by atoms with Crippen LogP contribution in [0.1, 0.15) is 26.2 Å². The Morgan fingerprint density at radius 1 is 1.19 bits per heavy atom. The molecule has 0 aromatic heterocycles. The fraction of sp³-hybridized carbons (Fsp3) is 0.600. The summed E-state index contributed by atoms with van der Waals surface area (Å²) < 4.78 is 0. The van der Waals surface area contributed by atoms with Crippen LogP contribution < -0.4 is 5.32 Å². The van der Waals surface area contributed by atoms with Gasteiger partial charge in [0.1, 0.15) is 0 Å². The van der Waals surface area contributed by atoms with Crippen LogP contribution in [0.3, 0.4) is 0 Å². The molecule has 3 amide bonds. The molecule has 2 aliphatic heterocycles. The van der Waals surface area contributed by atoms with Crippen molar-refractivity contribution in [3.63, 3.8) is 0 Å². The molecule has 0 saturated carbocycles. The van der Waals surface area contributed by atoms with Crippen molar-refractivity contribution in [2.75, 3.05) is 45.6 Å². The molecule has 0 radical (unpaired) electrons. The maximum Gasteiger partial charge on any atom is 0.321 e. The van der Waals surface area contributed by atoms with Gasteiger partial charge in [-0.15, -0.1) is 0 Å². The number of rotatable bonds is 3. The summed E-state index contributed by atoms with van der Waals surface area (Å²) in [6.07, 6.45) is 2.40. The van der Waals surface area contributed by atoms with E-state index in [4.69, 9.17) is 11.6 Å². The smallest absolute Gasteiger partial charge is 0.321 e. The largest absolute Gasteiger partial charge is 0.348 e. The summed E-state index contributed by atoms with van der Waals surface area (Å²) in [5, 5.41) is 3.58. The molecule has 1 aromatic rings. The van der Waals surface area contributed by atoms with Gasteiger partial charge in [-0.3, -0.25) is 9.69 Å². The summed E-state index contributed by atoms with van der Waals surface area (Å²) in [6.45, 7) is 5.28. The number of likely N-dealkylation sites (tertiary alicyclic amines) is 2. The zero-order chi connectivity index (χ0) is 19.6. The molecule has 1 aromatic carbocycles. The lowest BCUT2D eigenvalue weighted by atomic mass is 9.75. The summed E-state index contributed by atoms with van der Waals surface area (Å²) in [5.74, 6) is 0.198. The van der Waals surface area contributed by atoms with E-state index in [-0.39, 0.29) is 23.4 Å². The molecule has 3 rings (SSSR count). The number of benzene rings is 1. The second-order valence-corrected chi connectivity index (χ2v) is 8.15. The van der Waals surface area contributed by atoms with Crippen molar-refractivity contribution in [3.8, 4) is 0 Å². The monoisotopic (exact) mass is 392 g/mol. The number of fused-ring (bicyclic) bond motifs is 1. The number of carbonyl (C=O) groups excluding carboxylic acids is 2. The van der Waals surface area contributed by atoms with Crippen molar-refractivity contribution < 1.29 is 9.59 Å². The van der Waals surface area contributed by atoms with Crippen LogP contribution >= 0.6 is 11.6 Å². The van der Waals surface area contributed by atoms with Crippen LogP contribution in [0.2, 0.25) is 5.02 Å². The first-order chi connectivity index (χ1) is 12.9. The molecule has 2 saturated heterocycles. The Labute approximate surface area is 166 Å². The van der Waals surface area contributed by atoms with Gasteiger partial charge < -0.3 is 15.1 Å². The Morgan fingerprint density at radius 3 is 2.48 bits per heavy atom. The number of urea groups is 1. The Kier molecular flexibility index (Phi) is 5.96. The Bertz CT molecular complexity index is 694. The number of amides is 3. The molecule has 6 nitrogen and oxygen atoms in total. The average molecular weight is 393 g/mol. The van der Waals surface area contributed by atoms with Crippen LogP contribution in [0.25, 0.3) is 0 Å². The molecule has 148 valence electrons. The van der Waals surface area contributed by atoms with Gasteiger partial charge in [0.05, 0.1) is 5.41 Å². The van der Waals surface area contributed by atoms with Gasteiger partial charge in [-0.05, 0) is 56.6 Å². The van der Waals surface area contributed by atoms with E-state index in [2.05, 4.69) is 17.1 Å². The lowest BCUT2D eigenvalue weighted by Gasteiger charge is -2.37. The predicted molar refractivity (Wildman–Crippen MR) is 108 cm³/mol. The second-order valence-electron chi connectivity index (χ2n) is 7.71. The lowest BCUT2D eigenvalue weighted by Crippen LogP contribution is -2.49. The average Bonchev–Trinajstić information content (AvgIpc) is 2.90. The van der Waals surface area contributed by atoms with E-state index in [1.54, 1.807) is 29.2 Å². The van der Waals surface area contributed by atoms with E-state index in [9.17, 15) is 9.59 Å². The Balaban J connectivity index is 1.75. The zero-order valence-electron chi connectivity index (χ0n) is 16.4. The Hall–Kier alpha value is -1.79. The number of carbonyl (C=O) groups is 2. The van der Waals surface area contributed by atoms with Gasteiger partial charge in [-0.2, -0.15) is 0 Å². The fourth-order valence-corrected chi connectivity index (χ4v) is 4.73. The summed E-state index contributed by atoms with van der Waals surface area (Å²) in [7, 11) is 3.66. The SMILES string of the molecule is CCN1CC[C@@]2(C(=O)N(C)C)CCN(C(=O)Nc3ccc(Cl)cc3)CC[C@@H]12. The topological polar surface area (TPSA) is 55.9 Å². The molecule has 0 unspecified atom stereocenters. The molecule has 2 atom stereocenters. The van der Waals surface area contributed by atoms with Crippen LogP contribution in [0.15, 0.2) is 24.3 Å². The first-order valence-corrected chi connectivity index (χ1v) is 10.0. The molecule has 0 bridgehead atoms. The first-order valence-electron chi connectivity index (χ1n) is 9.64. The molecular formula is C20H29ClN4O2. The molecule has 2 fully saturated rings. The van der Waals surface area contributed by atoms with Crippen molar-refractivity contribution in [2.45, 2.75) is 32.2 Å². The molecule has 0 spiro atoms. The highest BCUT2D eigenvalue weighted by molar-refractivity contribution is 6.30. The molecule has 1 N–H and O–H groups in total. The van der Waals surface area contributed by atoms with Gasteiger partial charge in [0.25, 0.3) is 0 Å². The van der Waals surface area contributed by atoms with Crippen molar-refractivity contribution in [1.82, 2.24) is 14.7 Å². The van der Waals surface area contributed by atoms with Gasteiger partial charge >= 0.3 is 6.03 Å². The Morgan fingerprint density at radius 2 is 1.85 bits per heavy atom. The van der Waals surface area contributed by atoms with Gasteiger partial charge in [-0.25, -0.2) is 4.79 Å². The minimum Gasteiger partial charge on any atom is -0.348 e. The van der Waals surface area contributed by atoms with Crippen molar-refractivity contribution in [2.24, 2.45) is 5.41 Å². The standard InChI is InChI=1S/C20H29ClN4O2/c1-4-24-13-10-20(18(26)23(2)3)11-14-25(12-9-17(20)24)19(27)22-16-7-5-15(21)6-8-16/h5-8,17H,4,9-14H2,1-3H3,(H,22,27)/t17-,20-/m1/s1. The van der Waals surface area contributed by atoms with Crippen molar-refractivity contribution >= 4 is 29.2 Å². The maximum atomic E-state index is 13.1. The third kappa shape index (κ3) is 3.92. The van der Waals surface area contributed by atoms with E-state index in [1.807, 2.05) is 19.0 Å². The highest BCUT2D eigenvalue weighted by Crippen LogP contribution is 2.44. The number of anilines is 1. The van der Waals surface area contributed by atoms with Crippen molar-refractivity contribution in [1.29, 1.82) is 0 Å². The van der Waals surface area contributed by atoms with Crippen LogP contribution in [0.4, 0.5) is 10.5 Å². The minimum absolute atomic E-state index is 0.118. The molecule has 0 aliphatic carbocycles. The van der Waals surface area contributed by atoms with Crippen LogP contribution in [-0.2, 0) is 4.79 Å². The summed E-state index contributed by atoms with van der Waals surface area (Å²) in [5.41, 5.74) is 0.345. The summed E-state index contributed by atoms with van der Waals surface area (Å²) >= 11 is 5.91. The highest BCUT2D eigenvalue weighted by Gasteiger charge is 2.53. The quantitative estimate of drug-likeness (QED) is 0.859. The van der Waals surface area contributed by atoms with E-state index >= 15 is 0 Å². The summed E-state index contributed by atoms with van der Waals surface area (Å²) in [4.78, 5) is 31.8. The van der Waals surface area contributed by atoms with Crippen LogP contribution in [0, 0.1) is 5.41 Å². The third-order valence-electron chi connectivity index (χ3n) is 6.05. The van der Waals surface area contributed by atoms with Gasteiger partial charge in [0.2, 0.25) is 5.91 Å². The predicted octanol–water partition coefficient (Wildman–Crippen LogP) is 3.14. The normalized spacial score (nSPS) is 25.6. The highest BCUT2D eigenvalue weighted by atomic mass is 35.5. The molecule has 2 aliphatic rings. The maximum absolute atomic E-state index is 13.1. The number of nitrogens with zero attached hydrogens (tertiary/aromatic N) is 3. The summed E-state index contributed by atoms with van der Waals surface area (Å²) in [6, 6.07) is 7.19. The van der Waals surface area contributed by atoms with E-state index in [0.29, 0.717) is 24.5 Å². The number of hydrogen-bond donors (Lipinski definition) is 1. The van der Waals surface area contributed by atoms with Crippen LogP contribution in [0.5, 0.6) is 0 Å². The zero-order valence-corrected chi connectivity index (χ0v) is 17.1. The van der Waals surface area contributed by atoms with E-state index < -0.39 is 0 Å². The third-order valence-corrected chi connectivity index (χ3v) is 6.30. The van der Waals surface area contributed by atoms with Gasteiger partial charge in [-0.1, -0.05) is 18.5 Å². The lowest BCUT2D eigenvalue weighted by molar-refractivity contribution is -0.141. The fourth-order valence-electron chi connectivity index (χ4n) is 4.61. The van der Waals surface area contributed by atoms with Crippen molar-refractivity contribution in [3.05, 3.63) is 29.3 Å². The number of nitrogens with one attached hydrogen (secondary N) is 1. The second kappa shape index (κ2) is 8.07. The molecule has 7 heteroatoms. The van der Waals surface area contributed by atoms with Gasteiger partial charge in [0.15, 0.2) is 0 Å². The molecule has 2 heterocycles.